The molecule has 5 heavy (non-hydrogen) atoms. The second-order valence-corrected chi connectivity index (χ2v) is 4.89. The molecule has 0 saturated carbocycles. The first-order valence-corrected chi connectivity index (χ1v) is 4.23. The van der Waals surface area contributed by atoms with Crippen LogP contribution in [0.25, 0.3) is 0 Å². The summed E-state index contributed by atoms with van der Waals surface area (Å²) < 4.78 is 0. The highest BCUT2D eigenvalue weighted by Crippen LogP contribution is 2.28. The molecule has 0 aromatic rings. The van der Waals surface area contributed by atoms with E-state index in [4.69, 9.17) is 11.0 Å². The van der Waals surface area contributed by atoms with Gasteiger partial charge in [0.1, 0.15) is 7.56 Å². The molecule has 0 aliphatic carbocycles. The van der Waals surface area contributed by atoms with Crippen LogP contribution in [0.1, 0.15) is 0 Å². The SMILES string of the molecule is C[P+](C)(N)N. The van der Waals surface area contributed by atoms with Crippen molar-refractivity contribution in [2.45, 2.75) is 0 Å². The van der Waals surface area contributed by atoms with E-state index in [0.29, 0.717) is 0 Å². The maximum absolute atomic E-state index is 5.24. The lowest BCUT2D eigenvalue weighted by Gasteiger charge is -1.97. The quantitative estimate of drug-likeness (QED) is 0.414. The van der Waals surface area contributed by atoms with Gasteiger partial charge < -0.3 is 0 Å². The minimum absolute atomic E-state index is 1.39. The Morgan fingerprint density at radius 2 is 1.20 bits per heavy atom. The number of hydrogen-bond donors (Lipinski definition) is 2. The highest BCUT2D eigenvalue weighted by molar-refractivity contribution is 7.69. The van der Waals surface area contributed by atoms with Gasteiger partial charge >= 0.3 is 0 Å². The first-order valence-electron chi connectivity index (χ1n) is 1.41. The molecule has 4 N–H and O–H groups in total. The zero-order valence-corrected chi connectivity index (χ0v) is 4.50. The van der Waals surface area contributed by atoms with Crippen LogP contribution in [0, 0.1) is 0 Å². The standard InChI is InChI=1S/C2H10N2P/c1-5(2,3)4/h3-4H2,1-2H3/q+1. The van der Waals surface area contributed by atoms with E-state index < -0.39 is 7.56 Å². The molecule has 0 rings (SSSR count). The van der Waals surface area contributed by atoms with Crippen LogP contribution >= 0.6 is 7.56 Å². The summed E-state index contributed by atoms with van der Waals surface area (Å²) in [4.78, 5) is 0. The molecule has 0 aliphatic heterocycles. The van der Waals surface area contributed by atoms with Crippen LogP contribution in [0.4, 0.5) is 0 Å². The lowest BCUT2D eigenvalue weighted by molar-refractivity contribution is 1.68. The van der Waals surface area contributed by atoms with Crippen LogP contribution in [0.5, 0.6) is 0 Å². The van der Waals surface area contributed by atoms with Gasteiger partial charge in [0.15, 0.2) is 0 Å². The van der Waals surface area contributed by atoms with Crippen molar-refractivity contribution in [3.8, 4) is 0 Å². The first-order chi connectivity index (χ1) is 2.00. The second-order valence-electron chi connectivity index (χ2n) is 1.63. The third-order valence-electron chi connectivity index (χ3n) is 0. The minimum Gasteiger partial charge on any atom is -0.190 e. The molecule has 3 heteroatoms. The Labute approximate surface area is 33.0 Å². The molecule has 0 unspecified atom stereocenters. The van der Waals surface area contributed by atoms with E-state index in [1.165, 1.54) is 0 Å². The maximum atomic E-state index is 5.24. The van der Waals surface area contributed by atoms with E-state index in [-0.39, 0.29) is 0 Å². The lowest BCUT2D eigenvalue weighted by Crippen LogP contribution is -2.08. The number of nitrogens with two attached hydrogens (primary N) is 2. The van der Waals surface area contributed by atoms with Crippen molar-refractivity contribution in [2.24, 2.45) is 11.0 Å². The van der Waals surface area contributed by atoms with E-state index in [2.05, 4.69) is 0 Å². The van der Waals surface area contributed by atoms with E-state index in [0.717, 1.165) is 0 Å². The summed E-state index contributed by atoms with van der Waals surface area (Å²) >= 11 is 0. The second kappa shape index (κ2) is 1.21. The van der Waals surface area contributed by atoms with E-state index >= 15 is 0 Å². The summed E-state index contributed by atoms with van der Waals surface area (Å²) in [5.41, 5.74) is 10.5. The zero-order chi connectivity index (χ0) is 4.50. The molecule has 0 amide bonds. The van der Waals surface area contributed by atoms with Crippen LogP contribution in [-0.4, -0.2) is 13.3 Å². The largest absolute Gasteiger partial charge is 0.190 e. The predicted octanol–water partition coefficient (Wildman–Crippen LogP) is 0.0110. The molecule has 0 atom stereocenters. The molecule has 0 aromatic carbocycles. The third-order valence-corrected chi connectivity index (χ3v) is 0. The molecule has 0 spiro atoms. The Kier molecular flexibility index (Phi) is 1.30. The summed E-state index contributed by atoms with van der Waals surface area (Å²) in [6.07, 6.45) is 0. The first kappa shape index (κ1) is 5.35. The molecule has 0 fully saturated rings. The molecule has 0 radical (unpaired) electrons. The lowest BCUT2D eigenvalue weighted by atomic mass is 11.9. The van der Waals surface area contributed by atoms with Gasteiger partial charge in [-0.1, -0.05) is 0 Å². The summed E-state index contributed by atoms with van der Waals surface area (Å²) in [6, 6.07) is 0. The zero-order valence-electron chi connectivity index (χ0n) is 3.60. The van der Waals surface area contributed by atoms with Gasteiger partial charge in [-0.05, 0) is 0 Å². The summed E-state index contributed by atoms with van der Waals surface area (Å²) in [5, 5.41) is 0. The Morgan fingerprint density at radius 3 is 1.20 bits per heavy atom. The van der Waals surface area contributed by atoms with Crippen molar-refractivity contribution in [3.63, 3.8) is 0 Å². The maximum Gasteiger partial charge on any atom is 0.135 e. The fraction of sp³-hybridized carbons (Fsp3) is 1.00. The summed E-state index contributed by atoms with van der Waals surface area (Å²) in [5.74, 6) is 0. The molecular weight excluding hydrogens is 83.0 g/mol. The average molecular weight is 93.1 g/mol. The van der Waals surface area contributed by atoms with Crippen LogP contribution < -0.4 is 11.0 Å². The van der Waals surface area contributed by atoms with Gasteiger partial charge in [-0.3, -0.25) is 0 Å². The van der Waals surface area contributed by atoms with Gasteiger partial charge in [-0.2, -0.15) is 11.0 Å². The van der Waals surface area contributed by atoms with Crippen molar-refractivity contribution in [3.05, 3.63) is 0 Å². The fourth-order valence-electron chi connectivity index (χ4n) is 0. The van der Waals surface area contributed by atoms with Crippen LogP contribution in [0.3, 0.4) is 0 Å². The fourth-order valence-corrected chi connectivity index (χ4v) is 0. The van der Waals surface area contributed by atoms with E-state index in [9.17, 15) is 0 Å². The van der Waals surface area contributed by atoms with Crippen LogP contribution in [-0.2, 0) is 0 Å². The van der Waals surface area contributed by atoms with E-state index in [1.807, 2.05) is 13.3 Å². The highest BCUT2D eigenvalue weighted by Gasteiger charge is 2.05. The van der Waals surface area contributed by atoms with Gasteiger partial charge in [0.25, 0.3) is 0 Å². The van der Waals surface area contributed by atoms with Crippen molar-refractivity contribution in [2.75, 3.05) is 13.3 Å². The minimum atomic E-state index is -1.39. The van der Waals surface area contributed by atoms with Gasteiger partial charge in [-0.25, -0.2) is 0 Å². The van der Waals surface area contributed by atoms with Gasteiger partial charge in [0.2, 0.25) is 0 Å². The molecule has 0 bridgehead atoms. The third kappa shape index (κ3) is 196. The molecular formula is C2H10N2P+. The molecule has 0 saturated heterocycles. The Balaban J connectivity index is 3.02. The molecule has 0 heterocycles. The van der Waals surface area contributed by atoms with Crippen molar-refractivity contribution < 1.29 is 0 Å². The van der Waals surface area contributed by atoms with Crippen LogP contribution in [0.2, 0.25) is 0 Å². The molecule has 0 aliphatic rings. The molecule has 0 aromatic heterocycles. The monoisotopic (exact) mass is 93.1 g/mol. The predicted molar refractivity (Wildman–Crippen MR) is 27.1 cm³/mol. The van der Waals surface area contributed by atoms with Crippen molar-refractivity contribution >= 4 is 7.56 Å². The number of hydrogen-bond acceptors (Lipinski definition) is 2. The van der Waals surface area contributed by atoms with Gasteiger partial charge in [0, 0.05) is 0 Å². The smallest absolute Gasteiger partial charge is 0.135 e. The van der Waals surface area contributed by atoms with Crippen LogP contribution in [0.15, 0.2) is 0 Å². The van der Waals surface area contributed by atoms with E-state index in [1.54, 1.807) is 0 Å². The normalized spacial score (nSPS) is 12.0. The molecule has 32 valence electrons. The Morgan fingerprint density at radius 1 is 1.20 bits per heavy atom. The van der Waals surface area contributed by atoms with Crippen molar-refractivity contribution in [1.82, 2.24) is 0 Å². The molecule has 2 nitrogen and oxygen atoms in total. The summed E-state index contributed by atoms with van der Waals surface area (Å²) in [7, 11) is -1.39. The van der Waals surface area contributed by atoms with Crippen molar-refractivity contribution in [1.29, 1.82) is 0 Å². The van der Waals surface area contributed by atoms with Gasteiger partial charge in [-0.15, -0.1) is 0 Å². The highest BCUT2D eigenvalue weighted by atomic mass is 31.2. The number of rotatable bonds is 0. The Hall–Kier alpha value is 0.350. The topological polar surface area (TPSA) is 52.0 Å². The summed E-state index contributed by atoms with van der Waals surface area (Å²) in [6.45, 7) is 3.71. The Bertz CT molecular complexity index is 23.1. The van der Waals surface area contributed by atoms with Gasteiger partial charge in [0.05, 0.1) is 13.3 Å². The average Bonchev–Trinajstić information content (AvgIpc) is 0.722.